The van der Waals surface area contributed by atoms with E-state index in [0.29, 0.717) is 24.1 Å². The fraction of sp³-hybridized carbons (Fsp3) is 0.571. The molecule has 142 valence electrons. The summed E-state index contributed by atoms with van der Waals surface area (Å²) in [6.45, 7) is 2.40. The van der Waals surface area contributed by atoms with Crippen molar-refractivity contribution in [1.29, 1.82) is 0 Å². The van der Waals surface area contributed by atoms with E-state index in [0.717, 1.165) is 31.6 Å². The molecule has 8 nitrogen and oxygen atoms in total. The molecule has 0 saturated carbocycles. The molecule has 0 aliphatic carbocycles. The van der Waals surface area contributed by atoms with Crippen molar-refractivity contribution >= 4 is 57.4 Å². The van der Waals surface area contributed by atoms with Crippen LogP contribution in [0.4, 0.5) is 5.82 Å². The normalized spacial score (nSPS) is 18.0. The summed E-state index contributed by atoms with van der Waals surface area (Å²) in [6.07, 6.45) is 3.81. The third kappa shape index (κ3) is 7.50. The van der Waals surface area contributed by atoms with Crippen LogP contribution in [0, 0.1) is 0 Å². The molecular formula is C14H24ClIN6O2S. The quantitative estimate of drug-likeness (QED) is 0.229. The predicted octanol–water partition coefficient (Wildman–Crippen LogP) is 0.646. The van der Waals surface area contributed by atoms with Crippen LogP contribution in [0.25, 0.3) is 0 Å². The first-order valence-corrected chi connectivity index (χ1v) is 9.93. The number of nitrogens with one attached hydrogen (secondary N) is 3. The molecule has 0 amide bonds. The lowest BCUT2D eigenvalue weighted by Gasteiger charge is -2.20. The number of pyridine rings is 1. The number of hydrogen-bond acceptors (Lipinski definition) is 5. The van der Waals surface area contributed by atoms with Crippen molar-refractivity contribution in [3.8, 4) is 0 Å². The third-order valence-electron chi connectivity index (χ3n) is 3.57. The van der Waals surface area contributed by atoms with Gasteiger partial charge in [0.15, 0.2) is 5.96 Å². The van der Waals surface area contributed by atoms with Gasteiger partial charge in [0, 0.05) is 45.5 Å². The van der Waals surface area contributed by atoms with Gasteiger partial charge >= 0.3 is 0 Å². The molecule has 0 spiro atoms. The lowest BCUT2D eigenvalue weighted by Crippen LogP contribution is -2.46. The van der Waals surface area contributed by atoms with Gasteiger partial charge in [-0.25, -0.2) is 18.1 Å². The third-order valence-corrected chi connectivity index (χ3v) is 4.60. The summed E-state index contributed by atoms with van der Waals surface area (Å²) in [5.74, 6) is 1.44. The molecule has 1 saturated heterocycles. The number of aliphatic imine (C=N–C) groups is 1. The van der Waals surface area contributed by atoms with Crippen molar-refractivity contribution in [2.75, 3.05) is 44.4 Å². The highest BCUT2D eigenvalue weighted by atomic mass is 127. The second-order valence-corrected chi connectivity index (χ2v) is 7.79. The van der Waals surface area contributed by atoms with Gasteiger partial charge in [-0.05, 0) is 18.6 Å². The molecule has 0 bridgehead atoms. The summed E-state index contributed by atoms with van der Waals surface area (Å²) in [5.41, 5.74) is 0. The van der Waals surface area contributed by atoms with Crippen LogP contribution in [0.3, 0.4) is 0 Å². The van der Waals surface area contributed by atoms with Crippen molar-refractivity contribution in [3.63, 3.8) is 0 Å². The van der Waals surface area contributed by atoms with Gasteiger partial charge in [-0.3, -0.25) is 4.99 Å². The van der Waals surface area contributed by atoms with Crippen LogP contribution in [0.15, 0.2) is 23.3 Å². The summed E-state index contributed by atoms with van der Waals surface area (Å²) in [5, 5.41) is 7.06. The Morgan fingerprint density at radius 1 is 1.48 bits per heavy atom. The SMILES string of the molecule is CN=C(NCCNS(C)(=O)=O)NC1CCN(c2ncccc2Cl)C1.I. The predicted molar refractivity (Wildman–Crippen MR) is 113 cm³/mol. The molecule has 1 unspecified atom stereocenters. The van der Waals surface area contributed by atoms with Crippen molar-refractivity contribution in [1.82, 2.24) is 20.3 Å². The second-order valence-electron chi connectivity index (χ2n) is 5.55. The molecule has 1 aromatic heterocycles. The Balaban J connectivity index is 0.00000312. The van der Waals surface area contributed by atoms with E-state index in [4.69, 9.17) is 11.6 Å². The van der Waals surface area contributed by atoms with E-state index >= 15 is 0 Å². The average Bonchev–Trinajstić information content (AvgIpc) is 2.98. The molecule has 2 rings (SSSR count). The standard InChI is InChI=1S/C14H23ClN6O2S.HI/c1-16-14(18-7-8-19-24(2,22)23)20-11-5-9-21(10-11)13-12(15)4-3-6-17-13;/h3-4,6,11,19H,5,7-10H2,1-2H3,(H2,16,18,20);1H. The van der Waals surface area contributed by atoms with Crippen molar-refractivity contribution in [2.45, 2.75) is 12.5 Å². The van der Waals surface area contributed by atoms with Gasteiger partial charge in [0.05, 0.1) is 11.3 Å². The fourth-order valence-electron chi connectivity index (χ4n) is 2.49. The molecule has 0 radical (unpaired) electrons. The fourth-order valence-corrected chi connectivity index (χ4v) is 3.20. The zero-order valence-electron chi connectivity index (χ0n) is 14.2. The van der Waals surface area contributed by atoms with Crippen molar-refractivity contribution in [2.24, 2.45) is 4.99 Å². The Hall–Kier alpha value is -0.850. The molecule has 1 aromatic rings. The molecule has 2 heterocycles. The minimum absolute atomic E-state index is 0. The Morgan fingerprint density at radius 3 is 2.88 bits per heavy atom. The average molecular weight is 503 g/mol. The first-order chi connectivity index (χ1) is 11.4. The molecule has 1 aliphatic heterocycles. The lowest BCUT2D eigenvalue weighted by atomic mass is 10.3. The van der Waals surface area contributed by atoms with E-state index in [1.807, 2.05) is 12.1 Å². The van der Waals surface area contributed by atoms with Crippen molar-refractivity contribution < 1.29 is 8.42 Å². The number of halogens is 2. The Morgan fingerprint density at radius 2 is 2.24 bits per heavy atom. The summed E-state index contributed by atoms with van der Waals surface area (Å²) >= 11 is 6.19. The van der Waals surface area contributed by atoms with Crippen molar-refractivity contribution in [3.05, 3.63) is 23.4 Å². The van der Waals surface area contributed by atoms with Gasteiger partial charge in [0.25, 0.3) is 0 Å². The highest BCUT2D eigenvalue weighted by molar-refractivity contribution is 14.0. The van der Waals surface area contributed by atoms with Gasteiger partial charge in [0.1, 0.15) is 5.82 Å². The summed E-state index contributed by atoms with van der Waals surface area (Å²) in [4.78, 5) is 10.6. The zero-order chi connectivity index (χ0) is 17.6. The summed E-state index contributed by atoms with van der Waals surface area (Å²) < 4.78 is 24.5. The van der Waals surface area contributed by atoms with E-state index in [-0.39, 0.29) is 30.0 Å². The summed E-state index contributed by atoms with van der Waals surface area (Å²) in [6, 6.07) is 3.87. The summed E-state index contributed by atoms with van der Waals surface area (Å²) in [7, 11) is -1.49. The van der Waals surface area contributed by atoms with E-state index in [2.05, 4.69) is 30.2 Å². The minimum atomic E-state index is -3.17. The van der Waals surface area contributed by atoms with Crippen LogP contribution in [-0.2, 0) is 10.0 Å². The Labute approximate surface area is 170 Å². The number of guanidine groups is 1. The zero-order valence-corrected chi connectivity index (χ0v) is 18.1. The number of hydrogen-bond donors (Lipinski definition) is 3. The number of nitrogens with zero attached hydrogens (tertiary/aromatic N) is 3. The molecule has 1 aliphatic rings. The van der Waals surface area contributed by atoms with Gasteiger partial charge in [-0.1, -0.05) is 11.6 Å². The molecule has 11 heteroatoms. The van der Waals surface area contributed by atoms with Crippen LogP contribution in [0.1, 0.15) is 6.42 Å². The molecule has 3 N–H and O–H groups in total. The Bertz CT molecular complexity index is 688. The monoisotopic (exact) mass is 502 g/mol. The van der Waals surface area contributed by atoms with Crippen LogP contribution in [0.5, 0.6) is 0 Å². The smallest absolute Gasteiger partial charge is 0.208 e. The van der Waals surface area contributed by atoms with Gasteiger partial charge in [-0.15, -0.1) is 24.0 Å². The van der Waals surface area contributed by atoms with Crippen LogP contribution in [0.2, 0.25) is 5.02 Å². The maximum Gasteiger partial charge on any atom is 0.208 e. The Kier molecular flexibility index (Phi) is 9.17. The molecule has 1 fully saturated rings. The second kappa shape index (κ2) is 10.3. The van der Waals surface area contributed by atoms with Crippen LogP contribution < -0.4 is 20.3 Å². The topological polar surface area (TPSA) is 98.7 Å². The molecule has 0 aromatic carbocycles. The molecular weight excluding hydrogens is 479 g/mol. The van der Waals surface area contributed by atoms with E-state index in [9.17, 15) is 8.42 Å². The van der Waals surface area contributed by atoms with Crippen LogP contribution in [-0.4, -0.2) is 64.9 Å². The number of rotatable bonds is 6. The van der Waals surface area contributed by atoms with E-state index < -0.39 is 10.0 Å². The van der Waals surface area contributed by atoms with E-state index in [1.165, 1.54) is 0 Å². The van der Waals surface area contributed by atoms with Gasteiger partial charge in [-0.2, -0.15) is 0 Å². The van der Waals surface area contributed by atoms with Gasteiger partial charge in [0.2, 0.25) is 10.0 Å². The highest BCUT2D eigenvalue weighted by Gasteiger charge is 2.25. The first-order valence-electron chi connectivity index (χ1n) is 7.66. The van der Waals surface area contributed by atoms with E-state index in [1.54, 1.807) is 13.2 Å². The van der Waals surface area contributed by atoms with Crippen LogP contribution >= 0.6 is 35.6 Å². The number of aromatic nitrogens is 1. The van der Waals surface area contributed by atoms with Gasteiger partial charge < -0.3 is 15.5 Å². The maximum atomic E-state index is 11.0. The number of sulfonamides is 1. The minimum Gasteiger partial charge on any atom is -0.355 e. The molecule has 1 atom stereocenters. The largest absolute Gasteiger partial charge is 0.355 e. The number of anilines is 1. The first kappa shape index (κ1) is 22.2. The highest BCUT2D eigenvalue weighted by Crippen LogP contribution is 2.25. The maximum absolute atomic E-state index is 11.0. The molecule has 25 heavy (non-hydrogen) atoms. The lowest BCUT2D eigenvalue weighted by molar-refractivity contribution is 0.585.